The molecule has 0 atom stereocenters. The van der Waals surface area contributed by atoms with Gasteiger partial charge in [-0.15, -0.1) is 0 Å². The number of hydrogen-bond donors (Lipinski definition) is 1. The molecule has 1 aromatic heterocycles. The van der Waals surface area contributed by atoms with Crippen molar-refractivity contribution in [2.24, 2.45) is 0 Å². The number of amides is 1. The monoisotopic (exact) mass is 444 g/mol. The van der Waals surface area contributed by atoms with Crippen LogP contribution in [0.3, 0.4) is 0 Å². The molecular weight excluding hydrogens is 420 g/mol. The van der Waals surface area contributed by atoms with Crippen LogP contribution in [0.15, 0.2) is 41.0 Å². The lowest BCUT2D eigenvalue weighted by molar-refractivity contribution is 0.0635. The van der Waals surface area contributed by atoms with Gasteiger partial charge in [-0.3, -0.25) is 5.32 Å². The summed E-state index contributed by atoms with van der Waals surface area (Å²) in [6, 6.07) is 10.0. The van der Waals surface area contributed by atoms with Gasteiger partial charge in [0, 0.05) is 10.7 Å². The van der Waals surface area contributed by atoms with Crippen LogP contribution in [-0.4, -0.2) is 23.8 Å². The Bertz CT molecular complexity index is 916. The molecule has 1 heterocycles. The summed E-state index contributed by atoms with van der Waals surface area (Å²) in [6.45, 7) is 5.49. The number of fused-ring (bicyclic) bond motifs is 1. The molecule has 3 rings (SSSR count). The van der Waals surface area contributed by atoms with Gasteiger partial charge in [0.25, 0.3) is 0 Å². The van der Waals surface area contributed by atoms with Gasteiger partial charge in [0.15, 0.2) is 0 Å². The second-order valence-corrected chi connectivity index (χ2v) is 8.67. The molecule has 6 heteroatoms. The molecule has 148 valence electrons. The number of halogens is 1. The molecule has 0 spiro atoms. The Labute approximate surface area is 174 Å². The lowest BCUT2D eigenvalue weighted by Crippen LogP contribution is -2.27. The number of aromatic nitrogens is 1. The molecule has 1 N–H and O–H groups in total. The van der Waals surface area contributed by atoms with Crippen molar-refractivity contribution in [3.8, 4) is 5.75 Å². The first-order chi connectivity index (χ1) is 13.3. The second-order valence-electron chi connectivity index (χ2n) is 7.71. The molecule has 0 radical (unpaired) electrons. The molecule has 1 aliphatic rings. The summed E-state index contributed by atoms with van der Waals surface area (Å²) in [6.07, 6.45) is 4.17. The molecule has 1 aliphatic carbocycles. The van der Waals surface area contributed by atoms with Gasteiger partial charge >= 0.3 is 6.09 Å². The first-order valence-corrected chi connectivity index (χ1v) is 10.1. The highest BCUT2D eigenvalue weighted by Gasteiger charge is 2.20. The SMILES string of the molecule is COc1ccc2c(c1)CCCC(Br)=C2c1ccnc(NC(=O)OC(C)(C)C)c1. The molecule has 0 saturated heterocycles. The summed E-state index contributed by atoms with van der Waals surface area (Å²) in [5.74, 6) is 1.32. The van der Waals surface area contributed by atoms with E-state index in [4.69, 9.17) is 9.47 Å². The average Bonchev–Trinajstić information content (AvgIpc) is 2.77. The maximum atomic E-state index is 12.1. The normalized spacial score (nSPS) is 14.2. The number of anilines is 1. The summed E-state index contributed by atoms with van der Waals surface area (Å²) in [4.78, 5) is 16.4. The Morgan fingerprint density at radius 3 is 2.68 bits per heavy atom. The highest BCUT2D eigenvalue weighted by Crippen LogP contribution is 2.39. The first kappa shape index (κ1) is 20.4. The number of methoxy groups -OCH3 is 1. The fourth-order valence-electron chi connectivity index (χ4n) is 3.23. The van der Waals surface area contributed by atoms with E-state index in [9.17, 15) is 4.79 Å². The van der Waals surface area contributed by atoms with Gasteiger partial charge in [-0.2, -0.15) is 0 Å². The van der Waals surface area contributed by atoms with Crippen molar-refractivity contribution in [1.29, 1.82) is 0 Å². The zero-order chi connectivity index (χ0) is 20.3. The van der Waals surface area contributed by atoms with Crippen LogP contribution in [0.5, 0.6) is 5.75 Å². The van der Waals surface area contributed by atoms with Gasteiger partial charge in [0.2, 0.25) is 0 Å². The molecule has 0 saturated carbocycles. The van der Waals surface area contributed by atoms with Crippen molar-refractivity contribution in [2.45, 2.75) is 45.6 Å². The average molecular weight is 445 g/mol. The minimum absolute atomic E-state index is 0.457. The highest BCUT2D eigenvalue weighted by atomic mass is 79.9. The number of ether oxygens (including phenoxy) is 2. The van der Waals surface area contributed by atoms with Gasteiger partial charge in [0.1, 0.15) is 17.2 Å². The van der Waals surface area contributed by atoms with Crippen molar-refractivity contribution >= 4 is 33.4 Å². The van der Waals surface area contributed by atoms with E-state index in [-0.39, 0.29) is 0 Å². The molecule has 1 aromatic carbocycles. The zero-order valence-electron chi connectivity index (χ0n) is 16.6. The third kappa shape index (κ3) is 4.93. The summed E-state index contributed by atoms with van der Waals surface area (Å²) in [7, 11) is 1.68. The predicted molar refractivity (Wildman–Crippen MR) is 115 cm³/mol. The molecule has 0 aliphatic heterocycles. The van der Waals surface area contributed by atoms with Gasteiger partial charge in [0.05, 0.1) is 7.11 Å². The van der Waals surface area contributed by atoms with E-state index < -0.39 is 11.7 Å². The molecule has 1 amide bonds. The largest absolute Gasteiger partial charge is 0.497 e. The maximum absolute atomic E-state index is 12.1. The minimum Gasteiger partial charge on any atom is -0.497 e. The zero-order valence-corrected chi connectivity index (χ0v) is 18.2. The Morgan fingerprint density at radius 2 is 1.96 bits per heavy atom. The summed E-state index contributed by atoms with van der Waals surface area (Å²) >= 11 is 3.78. The smallest absolute Gasteiger partial charge is 0.413 e. The van der Waals surface area contributed by atoms with Gasteiger partial charge in [-0.1, -0.05) is 22.0 Å². The Morgan fingerprint density at radius 1 is 1.18 bits per heavy atom. The number of carbonyl (C=O) groups is 1. The molecular formula is C22H25BrN2O3. The van der Waals surface area contributed by atoms with Crippen LogP contribution in [0.25, 0.3) is 5.57 Å². The van der Waals surface area contributed by atoms with Gasteiger partial charge < -0.3 is 9.47 Å². The standard InChI is InChI=1S/C22H25BrN2O3/c1-22(2,3)28-21(26)25-19-13-15(10-11-24-19)20-17-9-8-16(27-4)12-14(17)6-5-7-18(20)23/h8-13H,5-7H2,1-4H3,(H,24,25,26). The second kappa shape index (κ2) is 8.35. The third-order valence-corrected chi connectivity index (χ3v) is 5.17. The van der Waals surface area contributed by atoms with Crippen molar-refractivity contribution in [3.63, 3.8) is 0 Å². The number of rotatable bonds is 3. The van der Waals surface area contributed by atoms with Crippen LogP contribution >= 0.6 is 15.9 Å². The number of hydrogen-bond acceptors (Lipinski definition) is 4. The van der Waals surface area contributed by atoms with Crippen LogP contribution < -0.4 is 10.1 Å². The molecule has 5 nitrogen and oxygen atoms in total. The molecule has 28 heavy (non-hydrogen) atoms. The number of nitrogens with one attached hydrogen (secondary N) is 1. The summed E-state index contributed by atoms with van der Waals surface area (Å²) < 4.78 is 11.9. The highest BCUT2D eigenvalue weighted by molar-refractivity contribution is 9.11. The molecule has 0 bridgehead atoms. The topological polar surface area (TPSA) is 60.5 Å². The number of nitrogens with zero attached hydrogens (tertiary/aromatic N) is 1. The maximum Gasteiger partial charge on any atom is 0.413 e. The first-order valence-electron chi connectivity index (χ1n) is 9.29. The fraction of sp³-hybridized carbons (Fsp3) is 0.364. The van der Waals surface area contributed by atoms with E-state index in [1.807, 2.05) is 39.0 Å². The van der Waals surface area contributed by atoms with Crippen molar-refractivity contribution in [1.82, 2.24) is 4.98 Å². The van der Waals surface area contributed by atoms with Gasteiger partial charge in [-0.05, 0) is 86.6 Å². The summed E-state index contributed by atoms with van der Waals surface area (Å²) in [5.41, 5.74) is 3.96. The predicted octanol–water partition coefficient (Wildman–Crippen LogP) is 5.93. The molecule has 0 fully saturated rings. The van der Waals surface area contributed by atoms with Crippen LogP contribution in [-0.2, 0) is 11.2 Å². The van der Waals surface area contributed by atoms with E-state index in [0.717, 1.165) is 40.6 Å². The van der Waals surface area contributed by atoms with Crippen molar-refractivity contribution < 1.29 is 14.3 Å². The van der Waals surface area contributed by atoms with Crippen LogP contribution in [0.2, 0.25) is 0 Å². The number of benzene rings is 1. The van der Waals surface area contributed by atoms with E-state index in [1.54, 1.807) is 13.3 Å². The van der Waals surface area contributed by atoms with Crippen molar-refractivity contribution in [3.05, 3.63) is 57.7 Å². The van der Waals surface area contributed by atoms with Gasteiger partial charge in [-0.25, -0.2) is 9.78 Å². The lowest BCUT2D eigenvalue weighted by Gasteiger charge is -2.19. The quantitative estimate of drug-likeness (QED) is 0.637. The van der Waals surface area contributed by atoms with Crippen molar-refractivity contribution in [2.75, 3.05) is 12.4 Å². The molecule has 2 aromatic rings. The Kier molecular flexibility index (Phi) is 6.08. The number of allylic oxidation sites excluding steroid dienone is 1. The summed E-state index contributed by atoms with van der Waals surface area (Å²) in [5, 5.41) is 2.72. The van der Waals surface area contributed by atoms with E-state index >= 15 is 0 Å². The van der Waals surface area contributed by atoms with Crippen LogP contribution in [0.1, 0.15) is 50.3 Å². The Hall–Kier alpha value is -2.34. The fourth-order valence-corrected chi connectivity index (χ4v) is 3.95. The van der Waals surface area contributed by atoms with E-state index in [2.05, 4.69) is 38.4 Å². The van der Waals surface area contributed by atoms with Crippen LogP contribution in [0.4, 0.5) is 10.6 Å². The number of pyridine rings is 1. The number of carbonyl (C=O) groups excluding carboxylic acids is 1. The third-order valence-electron chi connectivity index (χ3n) is 4.37. The van der Waals surface area contributed by atoms with E-state index in [1.165, 1.54) is 11.1 Å². The molecule has 0 unspecified atom stereocenters. The van der Waals surface area contributed by atoms with Crippen LogP contribution in [0, 0.1) is 0 Å². The minimum atomic E-state index is -0.563. The van der Waals surface area contributed by atoms with E-state index in [0.29, 0.717) is 5.82 Å². The Balaban J connectivity index is 1.96. The lowest BCUT2D eigenvalue weighted by atomic mass is 9.94. The number of aryl methyl sites for hydroxylation is 1.